The van der Waals surface area contributed by atoms with Gasteiger partial charge in [-0.05, 0) is 31.9 Å². The fourth-order valence-corrected chi connectivity index (χ4v) is 1.56. The first-order valence-electron chi connectivity index (χ1n) is 6.10. The van der Waals surface area contributed by atoms with Crippen molar-refractivity contribution in [3.8, 4) is 0 Å². The van der Waals surface area contributed by atoms with Crippen LogP contribution in [0.2, 0.25) is 0 Å². The smallest absolute Gasteiger partial charge is 0.325 e. The van der Waals surface area contributed by atoms with Gasteiger partial charge in [0.2, 0.25) is 0 Å². The Morgan fingerprint density at radius 3 is 2.76 bits per heavy atom. The number of carbonyl (C=O) groups is 1. The lowest BCUT2D eigenvalue weighted by Gasteiger charge is -2.10. The second-order valence-electron chi connectivity index (χ2n) is 4.25. The number of aryl methyl sites for hydroxylation is 2. The van der Waals surface area contributed by atoms with Crippen LogP contribution in [0.1, 0.15) is 30.9 Å². The van der Waals surface area contributed by atoms with E-state index in [0.29, 0.717) is 6.61 Å². The SMILES string of the molecule is CCCCOC(=O)CNc1ccc(C)cc1C. The van der Waals surface area contributed by atoms with Gasteiger partial charge in [-0.1, -0.05) is 31.0 Å². The Kier molecular flexibility index (Phi) is 5.53. The molecule has 0 atom stereocenters. The molecule has 94 valence electrons. The zero-order chi connectivity index (χ0) is 12.7. The predicted octanol–water partition coefficient (Wildman–Crippen LogP) is 3.06. The van der Waals surface area contributed by atoms with Crippen LogP contribution in [0.5, 0.6) is 0 Å². The fraction of sp³-hybridized carbons (Fsp3) is 0.500. The molecule has 0 saturated carbocycles. The fourth-order valence-electron chi connectivity index (χ4n) is 1.56. The van der Waals surface area contributed by atoms with Crippen LogP contribution in [0.15, 0.2) is 18.2 Å². The monoisotopic (exact) mass is 235 g/mol. The van der Waals surface area contributed by atoms with Crippen LogP contribution in [0.3, 0.4) is 0 Å². The number of esters is 1. The summed E-state index contributed by atoms with van der Waals surface area (Å²) < 4.78 is 5.07. The van der Waals surface area contributed by atoms with E-state index in [4.69, 9.17) is 4.74 Å². The van der Waals surface area contributed by atoms with Gasteiger partial charge in [-0.3, -0.25) is 4.79 Å². The number of nitrogens with one attached hydrogen (secondary N) is 1. The third-order valence-corrected chi connectivity index (χ3v) is 2.57. The highest BCUT2D eigenvalue weighted by atomic mass is 16.5. The van der Waals surface area contributed by atoms with Crippen molar-refractivity contribution in [3.63, 3.8) is 0 Å². The van der Waals surface area contributed by atoms with Crippen LogP contribution >= 0.6 is 0 Å². The molecule has 1 rings (SSSR count). The summed E-state index contributed by atoms with van der Waals surface area (Å²) in [6, 6.07) is 6.10. The Labute approximate surface area is 103 Å². The lowest BCUT2D eigenvalue weighted by molar-refractivity contribution is -0.141. The molecule has 3 nitrogen and oxygen atoms in total. The number of hydrogen-bond donors (Lipinski definition) is 1. The maximum atomic E-state index is 11.4. The number of anilines is 1. The minimum Gasteiger partial charge on any atom is -0.464 e. The van der Waals surface area contributed by atoms with Crippen molar-refractivity contribution < 1.29 is 9.53 Å². The Morgan fingerprint density at radius 2 is 2.12 bits per heavy atom. The highest BCUT2D eigenvalue weighted by Crippen LogP contribution is 2.15. The Morgan fingerprint density at radius 1 is 1.35 bits per heavy atom. The van der Waals surface area contributed by atoms with E-state index in [1.54, 1.807) is 0 Å². The molecule has 0 heterocycles. The zero-order valence-electron chi connectivity index (χ0n) is 10.9. The summed E-state index contributed by atoms with van der Waals surface area (Å²) in [7, 11) is 0. The molecule has 0 amide bonds. The summed E-state index contributed by atoms with van der Waals surface area (Å²) in [6.45, 7) is 6.90. The minimum atomic E-state index is -0.196. The second kappa shape index (κ2) is 6.94. The molecule has 1 N–H and O–H groups in total. The number of carbonyl (C=O) groups excluding carboxylic acids is 1. The molecule has 0 aliphatic carbocycles. The van der Waals surface area contributed by atoms with Gasteiger partial charge in [0, 0.05) is 5.69 Å². The summed E-state index contributed by atoms with van der Waals surface area (Å²) in [5, 5.41) is 3.09. The van der Waals surface area contributed by atoms with Gasteiger partial charge in [0.05, 0.1) is 6.61 Å². The maximum Gasteiger partial charge on any atom is 0.325 e. The number of unbranched alkanes of at least 4 members (excludes halogenated alkanes) is 1. The van der Waals surface area contributed by atoms with Gasteiger partial charge in [-0.2, -0.15) is 0 Å². The van der Waals surface area contributed by atoms with Gasteiger partial charge >= 0.3 is 5.97 Å². The van der Waals surface area contributed by atoms with Crippen molar-refractivity contribution in [3.05, 3.63) is 29.3 Å². The number of rotatable bonds is 6. The highest BCUT2D eigenvalue weighted by Gasteiger charge is 2.03. The summed E-state index contributed by atoms with van der Waals surface area (Å²) in [6.07, 6.45) is 1.97. The minimum absolute atomic E-state index is 0.196. The molecule has 0 saturated heterocycles. The van der Waals surface area contributed by atoms with Crippen molar-refractivity contribution in [1.82, 2.24) is 0 Å². The highest BCUT2D eigenvalue weighted by molar-refractivity contribution is 5.75. The van der Waals surface area contributed by atoms with E-state index in [1.807, 2.05) is 19.1 Å². The molecule has 0 aromatic heterocycles. The van der Waals surface area contributed by atoms with Crippen molar-refractivity contribution in [2.45, 2.75) is 33.6 Å². The average molecular weight is 235 g/mol. The summed E-state index contributed by atoms with van der Waals surface area (Å²) in [5.74, 6) is -0.196. The van der Waals surface area contributed by atoms with Gasteiger partial charge < -0.3 is 10.1 Å². The summed E-state index contributed by atoms with van der Waals surface area (Å²) in [4.78, 5) is 11.4. The molecule has 1 aromatic carbocycles. The third kappa shape index (κ3) is 4.89. The van der Waals surface area contributed by atoms with Gasteiger partial charge in [0.15, 0.2) is 0 Å². The Hall–Kier alpha value is -1.51. The summed E-state index contributed by atoms with van der Waals surface area (Å²) >= 11 is 0. The largest absolute Gasteiger partial charge is 0.464 e. The van der Waals surface area contributed by atoms with Crippen LogP contribution in [0.4, 0.5) is 5.69 Å². The predicted molar refractivity (Wildman–Crippen MR) is 70.3 cm³/mol. The first kappa shape index (κ1) is 13.6. The molecule has 0 aliphatic rings. The maximum absolute atomic E-state index is 11.4. The van der Waals surface area contributed by atoms with Crippen molar-refractivity contribution in [2.75, 3.05) is 18.5 Å². The van der Waals surface area contributed by atoms with E-state index >= 15 is 0 Å². The third-order valence-electron chi connectivity index (χ3n) is 2.57. The molecule has 17 heavy (non-hydrogen) atoms. The van der Waals surface area contributed by atoms with E-state index in [1.165, 1.54) is 5.56 Å². The van der Waals surface area contributed by atoms with Crippen molar-refractivity contribution in [1.29, 1.82) is 0 Å². The van der Waals surface area contributed by atoms with Crippen LogP contribution in [0.25, 0.3) is 0 Å². The number of ether oxygens (including phenoxy) is 1. The average Bonchev–Trinajstić information content (AvgIpc) is 2.28. The van der Waals surface area contributed by atoms with Gasteiger partial charge in [0.1, 0.15) is 6.54 Å². The lowest BCUT2D eigenvalue weighted by atomic mass is 10.1. The summed E-state index contributed by atoms with van der Waals surface area (Å²) in [5.41, 5.74) is 3.35. The molecular weight excluding hydrogens is 214 g/mol. The van der Waals surface area contributed by atoms with Crippen LogP contribution < -0.4 is 5.32 Å². The normalized spacial score (nSPS) is 10.1. The van der Waals surface area contributed by atoms with Gasteiger partial charge in [-0.25, -0.2) is 0 Å². The zero-order valence-corrected chi connectivity index (χ0v) is 10.9. The quantitative estimate of drug-likeness (QED) is 0.608. The van der Waals surface area contributed by atoms with Crippen LogP contribution in [-0.4, -0.2) is 19.1 Å². The number of hydrogen-bond acceptors (Lipinski definition) is 3. The molecule has 3 heteroatoms. The molecular formula is C14H21NO2. The second-order valence-corrected chi connectivity index (χ2v) is 4.25. The van der Waals surface area contributed by atoms with Crippen molar-refractivity contribution in [2.24, 2.45) is 0 Å². The Bertz CT molecular complexity index is 374. The standard InChI is InChI=1S/C14H21NO2/c1-4-5-8-17-14(16)10-15-13-7-6-11(2)9-12(13)3/h6-7,9,15H,4-5,8,10H2,1-3H3. The van der Waals surface area contributed by atoms with E-state index in [-0.39, 0.29) is 12.5 Å². The van der Waals surface area contributed by atoms with E-state index in [2.05, 4.69) is 25.2 Å². The molecule has 1 aromatic rings. The molecule has 0 radical (unpaired) electrons. The molecule has 0 fully saturated rings. The molecule has 0 aliphatic heterocycles. The molecule has 0 unspecified atom stereocenters. The first-order chi connectivity index (χ1) is 8.13. The number of benzene rings is 1. The van der Waals surface area contributed by atoms with Gasteiger partial charge in [-0.15, -0.1) is 0 Å². The first-order valence-corrected chi connectivity index (χ1v) is 6.10. The molecule has 0 bridgehead atoms. The van der Waals surface area contributed by atoms with E-state index in [0.717, 1.165) is 24.1 Å². The van der Waals surface area contributed by atoms with Gasteiger partial charge in [0.25, 0.3) is 0 Å². The van der Waals surface area contributed by atoms with Crippen LogP contribution in [-0.2, 0) is 9.53 Å². The topological polar surface area (TPSA) is 38.3 Å². The Balaban J connectivity index is 2.37. The van der Waals surface area contributed by atoms with E-state index < -0.39 is 0 Å². The lowest BCUT2D eigenvalue weighted by Crippen LogP contribution is -2.17. The van der Waals surface area contributed by atoms with Crippen LogP contribution in [0, 0.1) is 13.8 Å². The molecule has 0 spiro atoms. The van der Waals surface area contributed by atoms with Crippen molar-refractivity contribution >= 4 is 11.7 Å². The van der Waals surface area contributed by atoms with E-state index in [9.17, 15) is 4.79 Å².